The van der Waals surface area contributed by atoms with E-state index in [4.69, 9.17) is 0 Å². The Morgan fingerprint density at radius 3 is 2.42 bits per heavy atom. The topological polar surface area (TPSA) is 12.0 Å². The van der Waals surface area contributed by atoms with E-state index in [1.54, 1.807) is 6.07 Å². The van der Waals surface area contributed by atoms with E-state index in [1.165, 1.54) is 5.56 Å². The predicted octanol–water partition coefficient (Wildman–Crippen LogP) is 4.85. The number of hydrogen-bond acceptors (Lipinski definition) is 1. The van der Waals surface area contributed by atoms with Gasteiger partial charge in [0, 0.05) is 16.1 Å². The summed E-state index contributed by atoms with van der Waals surface area (Å²) < 4.78 is 15.7. The van der Waals surface area contributed by atoms with Gasteiger partial charge in [-0.3, -0.25) is 0 Å². The third kappa shape index (κ3) is 3.65. The number of hydrogen-bond donors (Lipinski definition) is 1. The molecule has 0 spiro atoms. The summed E-state index contributed by atoms with van der Waals surface area (Å²) in [5.74, 6) is -0.195. The van der Waals surface area contributed by atoms with Crippen LogP contribution in [0.2, 0.25) is 0 Å². The van der Waals surface area contributed by atoms with Crippen molar-refractivity contribution in [2.45, 2.75) is 12.5 Å². The molecule has 4 heteroatoms. The van der Waals surface area contributed by atoms with E-state index in [2.05, 4.69) is 37.2 Å². The van der Waals surface area contributed by atoms with Crippen LogP contribution in [0.4, 0.5) is 4.39 Å². The minimum absolute atomic E-state index is 0.0429. The number of nitrogens with one attached hydrogen (secondary N) is 1. The van der Waals surface area contributed by atoms with Crippen LogP contribution in [-0.4, -0.2) is 7.05 Å². The average Bonchev–Trinajstić information content (AvgIpc) is 2.42. The van der Waals surface area contributed by atoms with Crippen molar-refractivity contribution in [3.63, 3.8) is 0 Å². The van der Waals surface area contributed by atoms with Crippen LogP contribution in [0.3, 0.4) is 0 Å². The fourth-order valence-electron chi connectivity index (χ4n) is 2.01. The van der Waals surface area contributed by atoms with Gasteiger partial charge in [0.2, 0.25) is 0 Å². The van der Waals surface area contributed by atoms with Gasteiger partial charge in [-0.1, -0.05) is 40.2 Å². The molecule has 0 amide bonds. The van der Waals surface area contributed by atoms with Crippen LogP contribution in [0, 0.1) is 5.82 Å². The fourth-order valence-corrected chi connectivity index (χ4v) is 2.66. The van der Waals surface area contributed by atoms with Gasteiger partial charge >= 0.3 is 0 Å². The Balaban J connectivity index is 2.25. The molecule has 0 radical (unpaired) electrons. The molecule has 1 atom stereocenters. The highest BCUT2D eigenvalue weighted by atomic mass is 79.9. The molecule has 0 aromatic heterocycles. The van der Waals surface area contributed by atoms with E-state index in [1.807, 2.05) is 43.4 Å². The maximum absolute atomic E-state index is 14.1. The van der Waals surface area contributed by atoms with Crippen LogP contribution in [0.25, 0.3) is 0 Å². The van der Waals surface area contributed by atoms with E-state index in [0.29, 0.717) is 10.0 Å². The molecule has 0 heterocycles. The Morgan fingerprint density at radius 1 is 1.11 bits per heavy atom. The molecule has 1 N–H and O–H groups in total. The largest absolute Gasteiger partial charge is 0.313 e. The van der Waals surface area contributed by atoms with Gasteiger partial charge in [-0.2, -0.15) is 0 Å². The minimum atomic E-state index is -0.195. The molecule has 0 saturated heterocycles. The summed E-state index contributed by atoms with van der Waals surface area (Å²) in [4.78, 5) is 0. The van der Waals surface area contributed by atoms with E-state index >= 15 is 0 Å². The molecule has 1 nitrogen and oxygen atoms in total. The SMILES string of the molecule is CNC(Cc1ccc(Br)cc1)c1cccc(Br)c1F. The lowest BCUT2D eigenvalue weighted by Crippen LogP contribution is -2.20. The summed E-state index contributed by atoms with van der Waals surface area (Å²) in [6, 6.07) is 13.4. The van der Waals surface area contributed by atoms with Crippen molar-refractivity contribution in [2.75, 3.05) is 7.05 Å². The quantitative estimate of drug-likeness (QED) is 0.791. The molecule has 1 unspecified atom stereocenters. The molecule has 0 aliphatic heterocycles. The van der Waals surface area contributed by atoms with Gasteiger partial charge in [0.15, 0.2) is 0 Å². The van der Waals surface area contributed by atoms with E-state index in [0.717, 1.165) is 10.9 Å². The molecule has 100 valence electrons. The van der Waals surface area contributed by atoms with Crippen LogP contribution in [0.1, 0.15) is 17.2 Å². The predicted molar refractivity (Wildman–Crippen MR) is 83.7 cm³/mol. The zero-order valence-corrected chi connectivity index (χ0v) is 13.6. The first kappa shape index (κ1) is 14.7. The van der Waals surface area contributed by atoms with Crippen molar-refractivity contribution in [2.24, 2.45) is 0 Å². The Kier molecular flexibility index (Phi) is 5.13. The Labute approximate surface area is 129 Å². The smallest absolute Gasteiger partial charge is 0.142 e. The molecule has 0 aliphatic rings. The maximum Gasteiger partial charge on any atom is 0.142 e. The third-order valence-electron chi connectivity index (χ3n) is 3.06. The highest BCUT2D eigenvalue weighted by Crippen LogP contribution is 2.26. The van der Waals surface area contributed by atoms with Gasteiger partial charge < -0.3 is 5.32 Å². The first-order valence-electron chi connectivity index (χ1n) is 5.97. The Hall–Kier alpha value is -0.710. The number of benzene rings is 2. The van der Waals surface area contributed by atoms with Gasteiger partial charge in [-0.05, 0) is 53.2 Å². The van der Waals surface area contributed by atoms with Crippen molar-refractivity contribution in [3.8, 4) is 0 Å². The van der Waals surface area contributed by atoms with Crippen LogP contribution in [0.15, 0.2) is 51.4 Å². The van der Waals surface area contributed by atoms with Crippen molar-refractivity contribution >= 4 is 31.9 Å². The van der Waals surface area contributed by atoms with Crippen molar-refractivity contribution in [1.82, 2.24) is 5.32 Å². The molecule has 2 rings (SSSR count). The minimum Gasteiger partial charge on any atom is -0.313 e. The Morgan fingerprint density at radius 2 is 1.79 bits per heavy atom. The maximum atomic E-state index is 14.1. The molecule has 2 aromatic rings. The van der Waals surface area contributed by atoms with Gasteiger partial charge in [-0.15, -0.1) is 0 Å². The molecule has 19 heavy (non-hydrogen) atoms. The number of halogens is 3. The summed E-state index contributed by atoms with van der Waals surface area (Å²) in [6.07, 6.45) is 0.747. The summed E-state index contributed by atoms with van der Waals surface area (Å²) >= 11 is 6.64. The third-order valence-corrected chi connectivity index (χ3v) is 4.20. The second-order valence-electron chi connectivity index (χ2n) is 4.31. The van der Waals surface area contributed by atoms with E-state index in [9.17, 15) is 4.39 Å². The summed E-state index contributed by atoms with van der Waals surface area (Å²) in [6.45, 7) is 0. The number of likely N-dealkylation sites (N-methyl/N-ethyl adjacent to an activating group) is 1. The lowest BCUT2D eigenvalue weighted by molar-refractivity contribution is 0.530. The van der Waals surface area contributed by atoms with Crippen LogP contribution >= 0.6 is 31.9 Å². The molecule has 0 saturated carbocycles. The fraction of sp³-hybridized carbons (Fsp3) is 0.200. The van der Waals surface area contributed by atoms with Gasteiger partial charge in [0.25, 0.3) is 0 Å². The number of rotatable bonds is 4. The molecule has 2 aromatic carbocycles. The van der Waals surface area contributed by atoms with Crippen molar-refractivity contribution < 1.29 is 4.39 Å². The average molecular weight is 387 g/mol. The zero-order valence-electron chi connectivity index (χ0n) is 10.5. The summed E-state index contributed by atoms with van der Waals surface area (Å²) in [5, 5.41) is 3.18. The van der Waals surface area contributed by atoms with Gasteiger partial charge in [0.1, 0.15) is 5.82 Å². The second kappa shape index (κ2) is 6.64. The summed E-state index contributed by atoms with van der Waals surface area (Å²) in [5.41, 5.74) is 1.85. The molecule has 0 aliphatic carbocycles. The van der Waals surface area contributed by atoms with Crippen molar-refractivity contribution in [3.05, 3.63) is 68.4 Å². The van der Waals surface area contributed by atoms with Crippen molar-refractivity contribution in [1.29, 1.82) is 0 Å². The molecular formula is C15H14Br2FN. The highest BCUT2D eigenvalue weighted by molar-refractivity contribution is 9.10. The second-order valence-corrected chi connectivity index (χ2v) is 6.08. The normalized spacial score (nSPS) is 12.4. The summed E-state index contributed by atoms with van der Waals surface area (Å²) in [7, 11) is 1.85. The first-order valence-corrected chi connectivity index (χ1v) is 7.56. The standard InChI is InChI=1S/C15H14Br2FN/c1-19-14(9-10-5-7-11(16)8-6-10)12-3-2-4-13(17)15(12)18/h2-8,14,19H,9H2,1H3. The van der Waals surface area contributed by atoms with E-state index in [-0.39, 0.29) is 11.9 Å². The van der Waals surface area contributed by atoms with Gasteiger partial charge in [0.05, 0.1) is 4.47 Å². The zero-order chi connectivity index (χ0) is 13.8. The first-order chi connectivity index (χ1) is 9.11. The van der Waals surface area contributed by atoms with Gasteiger partial charge in [-0.25, -0.2) is 4.39 Å². The lowest BCUT2D eigenvalue weighted by Gasteiger charge is -2.18. The molecule has 0 bridgehead atoms. The monoisotopic (exact) mass is 385 g/mol. The Bertz CT molecular complexity index is 555. The van der Waals surface area contributed by atoms with E-state index < -0.39 is 0 Å². The van der Waals surface area contributed by atoms with Crippen LogP contribution < -0.4 is 5.32 Å². The highest BCUT2D eigenvalue weighted by Gasteiger charge is 2.16. The molecular weight excluding hydrogens is 373 g/mol. The van der Waals surface area contributed by atoms with Crippen LogP contribution in [-0.2, 0) is 6.42 Å². The molecule has 0 fully saturated rings. The lowest BCUT2D eigenvalue weighted by atomic mass is 9.98. The van der Waals surface area contributed by atoms with Crippen LogP contribution in [0.5, 0.6) is 0 Å².